The normalized spacial score (nSPS) is 30.1. The van der Waals surface area contributed by atoms with E-state index in [1.807, 2.05) is 12.1 Å². The van der Waals surface area contributed by atoms with Gasteiger partial charge in [-0.15, -0.1) is 0 Å². The molecule has 2 aliphatic heterocycles. The molecule has 1 saturated carbocycles. The van der Waals surface area contributed by atoms with Crippen LogP contribution < -0.4 is 0 Å². The maximum Gasteiger partial charge on any atom is 0.175 e. The van der Waals surface area contributed by atoms with Gasteiger partial charge in [-0.3, -0.25) is 4.90 Å². The van der Waals surface area contributed by atoms with Crippen molar-refractivity contribution in [2.24, 2.45) is 0 Å². The molecule has 5 nitrogen and oxygen atoms in total. The highest BCUT2D eigenvalue weighted by atomic mass is 32.2. The number of hydrogen-bond donors (Lipinski definition) is 0. The maximum atomic E-state index is 11.7. The summed E-state index contributed by atoms with van der Waals surface area (Å²) in [7, 11) is -1.02. The standard InChI is InChI=1S/C23H34N2O3S2/c1-24(22(29)16-18-6-8-19(9-7-18)30(2,26)27)20-10-12-23(11-5-15-28-23)17-21(20)25-13-3-4-14-25/h6-9,20-21H,3-5,10-17H2,1-2H3. The average molecular weight is 451 g/mol. The Morgan fingerprint density at radius 2 is 1.90 bits per heavy atom. The Kier molecular flexibility index (Phi) is 6.54. The predicted molar refractivity (Wildman–Crippen MR) is 124 cm³/mol. The van der Waals surface area contributed by atoms with Gasteiger partial charge in [-0.2, -0.15) is 0 Å². The summed E-state index contributed by atoms with van der Waals surface area (Å²) in [5, 5.41) is 0. The van der Waals surface area contributed by atoms with Crippen LogP contribution in [0.5, 0.6) is 0 Å². The summed E-state index contributed by atoms with van der Waals surface area (Å²) in [6, 6.07) is 8.05. The summed E-state index contributed by atoms with van der Waals surface area (Å²) in [6.45, 7) is 3.28. The molecule has 2 heterocycles. The van der Waals surface area contributed by atoms with E-state index in [2.05, 4.69) is 16.8 Å². The molecule has 2 saturated heterocycles. The smallest absolute Gasteiger partial charge is 0.175 e. The Bertz CT molecular complexity index is 857. The largest absolute Gasteiger partial charge is 0.375 e. The molecule has 0 amide bonds. The van der Waals surface area contributed by atoms with E-state index in [0.29, 0.717) is 23.4 Å². The first-order valence-corrected chi connectivity index (χ1v) is 13.5. The van der Waals surface area contributed by atoms with E-state index in [-0.39, 0.29) is 5.60 Å². The van der Waals surface area contributed by atoms with Gasteiger partial charge in [0.05, 0.1) is 15.5 Å². The lowest BCUT2D eigenvalue weighted by molar-refractivity contribution is -0.0654. The molecular formula is C23H34N2O3S2. The fourth-order valence-electron chi connectivity index (χ4n) is 5.57. The van der Waals surface area contributed by atoms with Crippen molar-refractivity contribution in [3.8, 4) is 0 Å². The zero-order valence-electron chi connectivity index (χ0n) is 18.2. The van der Waals surface area contributed by atoms with Crippen molar-refractivity contribution < 1.29 is 13.2 Å². The van der Waals surface area contributed by atoms with E-state index in [1.54, 1.807) is 12.1 Å². The predicted octanol–water partition coefficient (Wildman–Crippen LogP) is 3.46. The molecule has 7 heteroatoms. The van der Waals surface area contributed by atoms with Crippen molar-refractivity contribution in [3.63, 3.8) is 0 Å². The van der Waals surface area contributed by atoms with E-state index in [1.165, 1.54) is 45.0 Å². The second kappa shape index (κ2) is 8.85. The van der Waals surface area contributed by atoms with Gasteiger partial charge in [0.15, 0.2) is 9.84 Å². The van der Waals surface area contributed by atoms with Gasteiger partial charge in [0.2, 0.25) is 0 Å². The quantitative estimate of drug-likeness (QED) is 0.641. The molecule has 3 unspecified atom stereocenters. The number of hydrogen-bond acceptors (Lipinski definition) is 5. The lowest BCUT2D eigenvalue weighted by Gasteiger charge is -2.49. The third kappa shape index (κ3) is 4.74. The number of sulfone groups is 1. The highest BCUT2D eigenvalue weighted by Crippen LogP contribution is 2.43. The number of ether oxygens (including phenoxy) is 1. The summed E-state index contributed by atoms with van der Waals surface area (Å²) in [5.74, 6) is 0. The minimum Gasteiger partial charge on any atom is -0.375 e. The molecule has 0 bridgehead atoms. The summed E-state index contributed by atoms with van der Waals surface area (Å²) in [6.07, 6.45) is 10.2. The van der Waals surface area contributed by atoms with Crippen LogP contribution in [-0.2, 0) is 21.0 Å². The van der Waals surface area contributed by atoms with E-state index in [4.69, 9.17) is 17.0 Å². The van der Waals surface area contributed by atoms with Crippen LogP contribution in [-0.4, -0.2) is 73.9 Å². The minimum atomic E-state index is -3.17. The van der Waals surface area contributed by atoms with E-state index >= 15 is 0 Å². The van der Waals surface area contributed by atoms with Gasteiger partial charge in [-0.05, 0) is 75.7 Å². The average Bonchev–Trinajstić information content (AvgIpc) is 3.40. The molecular weight excluding hydrogens is 416 g/mol. The van der Waals surface area contributed by atoms with E-state index < -0.39 is 9.84 Å². The molecule has 1 aliphatic carbocycles. The third-order valence-corrected chi connectivity index (χ3v) is 8.87. The van der Waals surface area contributed by atoms with Gasteiger partial charge >= 0.3 is 0 Å². The van der Waals surface area contributed by atoms with Crippen molar-refractivity contribution >= 4 is 27.0 Å². The Hall–Kier alpha value is -1.02. The van der Waals surface area contributed by atoms with Crippen molar-refractivity contribution in [2.45, 2.75) is 73.9 Å². The van der Waals surface area contributed by atoms with Gasteiger partial charge in [-0.1, -0.05) is 24.4 Å². The zero-order valence-corrected chi connectivity index (χ0v) is 19.8. The lowest BCUT2D eigenvalue weighted by Crippen LogP contribution is -2.58. The Morgan fingerprint density at radius 1 is 1.20 bits per heavy atom. The highest BCUT2D eigenvalue weighted by molar-refractivity contribution is 7.90. The maximum absolute atomic E-state index is 11.7. The van der Waals surface area contributed by atoms with Gasteiger partial charge < -0.3 is 9.64 Å². The first-order valence-electron chi connectivity index (χ1n) is 11.2. The van der Waals surface area contributed by atoms with Crippen LogP contribution in [0.1, 0.15) is 50.5 Å². The fourth-order valence-corrected chi connectivity index (χ4v) is 6.50. The second-order valence-corrected chi connectivity index (χ2v) is 11.8. The molecule has 166 valence electrons. The lowest BCUT2D eigenvalue weighted by atomic mass is 9.76. The van der Waals surface area contributed by atoms with Crippen molar-refractivity contribution in [1.29, 1.82) is 0 Å². The van der Waals surface area contributed by atoms with E-state index in [9.17, 15) is 8.42 Å². The van der Waals surface area contributed by atoms with Crippen molar-refractivity contribution in [3.05, 3.63) is 29.8 Å². The molecule has 0 aromatic heterocycles. The first-order chi connectivity index (χ1) is 14.3. The van der Waals surface area contributed by atoms with Crippen LogP contribution in [0.3, 0.4) is 0 Å². The SMILES string of the molecule is CN(C(=S)Cc1ccc(S(C)(=O)=O)cc1)C1CCC2(CCCO2)CC1N1CCCC1. The molecule has 3 atom stereocenters. The van der Waals surface area contributed by atoms with Crippen LogP contribution in [0.25, 0.3) is 0 Å². The van der Waals surface area contributed by atoms with Crippen LogP contribution in [0.4, 0.5) is 0 Å². The second-order valence-electron chi connectivity index (χ2n) is 9.35. The summed E-state index contributed by atoms with van der Waals surface area (Å²) >= 11 is 5.86. The van der Waals surface area contributed by atoms with Crippen molar-refractivity contribution in [2.75, 3.05) is 33.0 Å². The molecule has 1 spiro atoms. The van der Waals surface area contributed by atoms with Gasteiger partial charge in [0.25, 0.3) is 0 Å². The number of likely N-dealkylation sites (tertiary alicyclic amines) is 1. The van der Waals surface area contributed by atoms with Crippen LogP contribution >= 0.6 is 12.2 Å². The topological polar surface area (TPSA) is 49.9 Å². The molecule has 3 fully saturated rings. The third-order valence-electron chi connectivity index (χ3n) is 7.31. The molecule has 1 aromatic rings. The molecule has 4 rings (SSSR count). The van der Waals surface area contributed by atoms with Gasteiger partial charge in [0.1, 0.15) is 0 Å². The number of rotatable bonds is 5. The first kappa shape index (κ1) is 22.2. The molecule has 0 radical (unpaired) electrons. The number of thiocarbonyl (C=S) groups is 1. The zero-order chi connectivity index (χ0) is 21.4. The molecule has 3 aliphatic rings. The Morgan fingerprint density at radius 3 is 2.50 bits per heavy atom. The number of likely N-dealkylation sites (N-methyl/N-ethyl adjacent to an activating group) is 1. The van der Waals surface area contributed by atoms with Crippen LogP contribution in [0.2, 0.25) is 0 Å². The van der Waals surface area contributed by atoms with Gasteiger partial charge in [-0.25, -0.2) is 8.42 Å². The summed E-state index contributed by atoms with van der Waals surface area (Å²) in [4.78, 5) is 6.28. The fraction of sp³-hybridized carbons (Fsp3) is 0.696. The highest BCUT2D eigenvalue weighted by Gasteiger charge is 2.47. The van der Waals surface area contributed by atoms with E-state index in [0.717, 1.165) is 36.4 Å². The molecule has 30 heavy (non-hydrogen) atoms. The van der Waals surface area contributed by atoms with Crippen LogP contribution in [0, 0.1) is 0 Å². The number of benzene rings is 1. The summed E-state index contributed by atoms with van der Waals surface area (Å²) in [5.41, 5.74) is 1.15. The van der Waals surface area contributed by atoms with Crippen molar-refractivity contribution in [1.82, 2.24) is 9.80 Å². The van der Waals surface area contributed by atoms with Crippen LogP contribution in [0.15, 0.2) is 29.2 Å². The Labute approximate surface area is 186 Å². The Balaban J connectivity index is 1.46. The monoisotopic (exact) mass is 450 g/mol. The number of nitrogens with zero attached hydrogens (tertiary/aromatic N) is 2. The molecule has 0 N–H and O–H groups in total. The van der Waals surface area contributed by atoms with Gasteiger partial charge in [0, 0.05) is 38.4 Å². The summed E-state index contributed by atoms with van der Waals surface area (Å²) < 4.78 is 29.7. The minimum absolute atomic E-state index is 0.0910. The molecule has 1 aromatic carbocycles.